The lowest BCUT2D eigenvalue weighted by Crippen LogP contribution is -2.17. The molecule has 0 aliphatic heterocycles. The predicted molar refractivity (Wildman–Crippen MR) is 66.3 cm³/mol. The average Bonchev–Trinajstić information content (AvgIpc) is 2.28. The molecule has 0 radical (unpaired) electrons. The zero-order valence-electron chi connectivity index (χ0n) is 9.80. The Morgan fingerprint density at radius 1 is 1.22 bits per heavy atom. The normalized spacial score (nSPS) is 13.7. The maximum atomic E-state index is 12.8. The minimum Gasteiger partial charge on any atom is -0.330 e. The Balaban J connectivity index is 2.93. The quantitative estimate of drug-likeness (QED) is 0.811. The average molecular weight is 281 g/mol. The molecule has 0 fully saturated rings. The zero-order valence-corrected chi connectivity index (χ0v) is 10.6. The first-order chi connectivity index (χ1) is 8.36. The number of alkyl halides is 3. The number of benzene rings is 1. The molecular weight excluding hydrogens is 265 g/mol. The first kappa shape index (κ1) is 15.3. The number of hydrogen-bond acceptors (Lipinski definition) is 2. The van der Waals surface area contributed by atoms with Crippen LogP contribution in [0.4, 0.5) is 13.2 Å². The van der Waals surface area contributed by atoms with Gasteiger partial charge in [0, 0.05) is 11.1 Å². The minimum absolute atomic E-state index is 0.0558. The molecule has 0 unspecified atom stereocenters. The molecule has 1 aromatic rings. The highest BCUT2D eigenvalue weighted by Crippen LogP contribution is 2.36. The van der Waals surface area contributed by atoms with Crippen molar-refractivity contribution >= 4 is 11.6 Å². The summed E-state index contributed by atoms with van der Waals surface area (Å²) in [7, 11) is 0. The van der Waals surface area contributed by atoms with Crippen LogP contribution >= 0.6 is 11.6 Å². The molecular formula is C12H16ClF3N2. The van der Waals surface area contributed by atoms with Crippen LogP contribution in [-0.2, 0) is 6.18 Å². The van der Waals surface area contributed by atoms with E-state index in [0.29, 0.717) is 19.4 Å². The Morgan fingerprint density at radius 3 is 2.44 bits per heavy atom. The summed E-state index contributed by atoms with van der Waals surface area (Å²) >= 11 is 5.60. The first-order valence-electron chi connectivity index (χ1n) is 5.68. The van der Waals surface area contributed by atoms with Gasteiger partial charge >= 0.3 is 6.18 Å². The van der Waals surface area contributed by atoms with Gasteiger partial charge in [-0.05, 0) is 37.1 Å². The van der Waals surface area contributed by atoms with Crippen LogP contribution in [-0.4, -0.2) is 6.54 Å². The van der Waals surface area contributed by atoms with Gasteiger partial charge in [0.25, 0.3) is 0 Å². The summed E-state index contributed by atoms with van der Waals surface area (Å²) in [5, 5.41) is 0.0558. The fraction of sp³-hybridized carbons (Fsp3) is 0.500. The zero-order chi connectivity index (χ0) is 13.8. The second-order valence-corrected chi connectivity index (χ2v) is 4.56. The molecule has 1 atom stereocenters. The molecule has 0 heterocycles. The van der Waals surface area contributed by atoms with Crippen molar-refractivity contribution < 1.29 is 13.2 Å². The van der Waals surface area contributed by atoms with E-state index >= 15 is 0 Å². The van der Waals surface area contributed by atoms with Crippen molar-refractivity contribution in [3.63, 3.8) is 0 Å². The first-order valence-corrected chi connectivity index (χ1v) is 6.06. The van der Waals surface area contributed by atoms with Crippen molar-refractivity contribution in [1.29, 1.82) is 0 Å². The van der Waals surface area contributed by atoms with Crippen LogP contribution in [0.1, 0.15) is 36.4 Å². The number of unbranched alkanes of at least 4 members (excludes halogenated alkanes) is 1. The van der Waals surface area contributed by atoms with E-state index < -0.39 is 17.8 Å². The van der Waals surface area contributed by atoms with Gasteiger partial charge in [0.2, 0.25) is 0 Å². The molecule has 6 heteroatoms. The molecule has 1 rings (SSSR count). The third-order valence-electron chi connectivity index (χ3n) is 2.69. The smallest absolute Gasteiger partial charge is 0.330 e. The highest BCUT2D eigenvalue weighted by Gasteiger charge is 2.34. The standard InChI is InChI=1S/C12H16ClF3N2/c13-8-4-5-9(10(7-8)12(14,15)16)11(18)3-1-2-6-17/h4-5,7,11H,1-3,6,17-18H2/t11-/m1/s1. The van der Waals surface area contributed by atoms with E-state index in [-0.39, 0.29) is 10.6 Å². The second kappa shape index (κ2) is 6.41. The molecule has 0 saturated heterocycles. The van der Waals surface area contributed by atoms with Gasteiger partial charge in [-0.3, -0.25) is 0 Å². The van der Waals surface area contributed by atoms with Crippen LogP contribution in [0, 0.1) is 0 Å². The van der Waals surface area contributed by atoms with Crippen molar-refractivity contribution in [1.82, 2.24) is 0 Å². The molecule has 2 nitrogen and oxygen atoms in total. The molecule has 0 aliphatic carbocycles. The summed E-state index contributed by atoms with van der Waals surface area (Å²) in [4.78, 5) is 0. The van der Waals surface area contributed by atoms with E-state index in [4.69, 9.17) is 23.1 Å². The van der Waals surface area contributed by atoms with E-state index in [1.165, 1.54) is 12.1 Å². The summed E-state index contributed by atoms with van der Waals surface area (Å²) in [6, 6.07) is 3.04. The second-order valence-electron chi connectivity index (χ2n) is 4.12. The van der Waals surface area contributed by atoms with Gasteiger partial charge in [0.05, 0.1) is 5.56 Å². The maximum Gasteiger partial charge on any atom is 0.416 e. The van der Waals surface area contributed by atoms with E-state index in [0.717, 1.165) is 12.5 Å². The largest absolute Gasteiger partial charge is 0.416 e. The third kappa shape index (κ3) is 4.15. The van der Waals surface area contributed by atoms with E-state index in [9.17, 15) is 13.2 Å². The highest BCUT2D eigenvalue weighted by atomic mass is 35.5. The number of nitrogens with two attached hydrogens (primary N) is 2. The molecule has 0 aromatic heterocycles. The van der Waals surface area contributed by atoms with Gasteiger partial charge in [-0.1, -0.05) is 24.1 Å². The van der Waals surface area contributed by atoms with Crippen molar-refractivity contribution in [2.24, 2.45) is 11.5 Å². The van der Waals surface area contributed by atoms with Gasteiger partial charge in [-0.2, -0.15) is 13.2 Å². The van der Waals surface area contributed by atoms with E-state index in [2.05, 4.69) is 0 Å². The lowest BCUT2D eigenvalue weighted by atomic mass is 9.96. The van der Waals surface area contributed by atoms with Crippen LogP contribution in [0.3, 0.4) is 0 Å². The monoisotopic (exact) mass is 280 g/mol. The molecule has 102 valence electrons. The lowest BCUT2D eigenvalue weighted by Gasteiger charge is -2.18. The molecule has 0 bridgehead atoms. The van der Waals surface area contributed by atoms with Gasteiger partial charge in [-0.25, -0.2) is 0 Å². The maximum absolute atomic E-state index is 12.8. The Morgan fingerprint density at radius 2 is 1.89 bits per heavy atom. The number of halogens is 4. The molecule has 0 amide bonds. The predicted octanol–water partition coefficient (Wildman–Crippen LogP) is 3.49. The van der Waals surface area contributed by atoms with E-state index in [1.807, 2.05) is 0 Å². The van der Waals surface area contributed by atoms with Crippen molar-refractivity contribution in [3.05, 3.63) is 34.3 Å². The highest BCUT2D eigenvalue weighted by molar-refractivity contribution is 6.30. The third-order valence-corrected chi connectivity index (χ3v) is 2.92. The van der Waals surface area contributed by atoms with Gasteiger partial charge in [0.1, 0.15) is 0 Å². The summed E-state index contributed by atoms with van der Waals surface area (Å²) in [5.74, 6) is 0. The summed E-state index contributed by atoms with van der Waals surface area (Å²) in [6.45, 7) is 0.513. The summed E-state index contributed by atoms with van der Waals surface area (Å²) in [5.41, 5.74) is 10.5. The Bertz CT molecular complexity index is 393. The van der Waals surface area contributed by atoms with Gasteiger partial charge in [-0.15, -0.1) is 0 Å². The van der Waals surface area contributed by atoms with Crippen molar-refractivity contribution in [3.8, 4) is 0 Å². The van der Waals surface area contributed by atoms with Crippen LogP contribution in [0.2, 0.25) is 5.02 Å². The Hall–Kier alpha value is -0.780. The fourth-order valence-electron chi connectivity index (χ4n) is 1.76. The van der Waals surface area contributed by atoms with Crippen LogP contribution < -0.4 is 11.5 Å². The van der Waals surface area contributed by atoms with Gasteiger partial charge < -0.3 is 11.5 Å². The van der Waals surface area contributed by atoms with E-state index in [1.54, 1.807) is 0 Å². The fourth-order valence-corrected chi connectivity index (χ4v) is 1.93. The summed E-state index contributed by atoms with van der Waals surface area (Å²) in [6.07, 6.45) is -2.51. The molecule has 4 N–H and O–H groups in total. The summed E-state index contributed by atoms with van der Waals surface area (Å²) < 4.78 is 38.5. The molecule has 0 spiro atoms. The van der Waals surface area contributed by atoms with Crippen LogP contribution in [0.25, 0.3) is 0 Å². The van der Waals surface area contributed by atoms with Crippen molar-refractivity contribution in [2.45, 2.75) is 31.5 Å². The SMILES string of the molecule is NCCCC[C@@H](N)c1ccc(Cl)cc1C(F)(F)F. The van der Waals surface area contributed by atoms with Crippen LogP contribution in [0.15, 0.2) is 18.2 Å². The molecule has 1 aromatic carbocycles. The number of rotatable bonds is 5. The molecule has 18 heavy (non-hydrogen) atoms. The topological polar surface area (TPSA) is 52.0 Å². The molecule has 0 aliphatic rings. The molecule has 0 saturated carbocycles. The van der Waals surface area contributed by atoms with Crippen LogP contribution in [0.5, 0.6) is 0 Å². The Kier molecular flexibility index (Phi) is 5.44. The number of hydrogen-bond donors (Lipinski definition) is 2. The van der Waals surface area contributed by atoms with Gasteiger partial charge in [0.15, 0.2) is 0 Å². The Labute approximate surface area is 109 Å². The minimum atomic E-state index is -4.44. The lowest BCUT2D eigenvalue weighted by molar-refractivity contribution is -0.138. The van der Waals surface area contributed by atoms with Crippen molar-refractivity contribution in [2.75, 3.05) is 6.54 Å².